The van der Waals surface area contributed by atoms with Crippen molar-refractivity contribution in [3.05, 3.63) is 60.4 Å². The molecule has 0 radical (unpaired) electrons. The van der Waals surface area contributed by atoms with E-state index in [1.54, 1.807) is 36.7 Å². The highest BCUT2D eigenvalue weighted by atomic mass is 31.2. The molecular formula is C12H13N2O2P. The first-order valence-electron chi connectivity index (χ1n) is 5.20. The number of para-hydroxylation sites is 1. The summed E-state index contributed by atoms with van der Waals surface area (Å²) in [6, 6.07) is 12.5. The zero-order valence-corrected chi connectivity index (χ0v) is 10.0. The number of hydrogen-bond acceptors (Lipinski definition) is 2. The average molecular weight is 248 g/mol. The second kappa shape index (κ2) is 5.13. The Kier molecular flexibility index (Phi) is 3.57. The highest BCUT2D eigenvalue weighted by Gasteiger charge is 2.18. The molecule has 2 rings (SSSR count). The monoisotopic (exact) mass is 248 g/mol. The van der Waals surface area contributed by atoms with E-state index in [-0.39, 0.29) is 6.16 Å². The van der Waals surface area contributed by atoms with Gasteiger partial charge in [0.15, 0.2) is 0 Å². The van der Waals surface area contributed by atoms with E-state index in [9.17, 15) is 9.46 Å². The molecule has 0 saturated carbocycles. The van der Waals surface area contributed by atoms with E-state index >= 15 is 0 Å². The molecular weight excluding hydrogens is 235 g/mol. The molecule has 4 nitrogen and oxygen atoms in total. The third kappa shape index (κ3) is 3.70. The number of nitrogens with one attached hydrogen (secondary N) is 1. The molecule has 0 aliphatic rings. The second-order valence-electron chi connectivity index (χ2n) is 3.69. The molecule has 2 N–H and O–H groups in total. The van der Waals surface area contributed by atoms with E-state index < -0.39 is 7.52 Å². The van der Waals surface area contributed by atoms with Crippen molar-refractivity contribution in [2.24, 2.45) is 0 Å². The van der Waals surface area contributed by atoms with Crippen molar-refractivity contribution in [3.8, 4) is 0 Å². The molecule has 17 heavy (non-hydrogen) atoms. The number of benzene rings is 1. The molecule has 0 aliphatic heterocycles. The van der Waals surface area contributed by atoms with Crippen molar-refractivity contribution in [1.82, 2.24) is 4.98 Å². The van der Waals surface area contributed by atoms with Crippen LogP contribution in [0, 0.1) is 0 Å². The van der Waals surface area contributed by atoms with Crippen LogP contribution in [0.5, 0.6) is 0 Å². The highest BCUT2D eigenvalue weighted by molar-refractivity contribution is 7.58. The normalized spacial score (nSPS) is 13.9. The third-order valence-corrected chi connectivity index (χ3v) is 3.63. The fraction of sp³-hybridized carbons (Fsp3) is 0.0833. The molecule has 88 valence electrons. The molecule has 1 heterocycles. The lowest BCUT2D eigenvalue weighted by Gasteiger charge is -2.14. The first-order chi connectivity index (χ1) is 8.16. The Hall–Kier alpha value is -1.64. The van der Waals surface area contributed by atoms with Crippen LogP contribution in [-0.2, 0) is 10.7 Å². The Labute approximate surface area is 99.8 Å². The van der Waals surface area contributed by atoms with Crippen molar-refractivity contribution in [2.45, 2.75) is 6.16 Å². The van der Waals surface area contributed by atoms with Gasteiger partial charge in [0, 0.05) is 18.1 Å². The molecule has 0 fully saturated rings. The molecule has 1 atom stereocenters. The molecule has 2 aromatic rings. The summed E-state index contributed by atoms with van der Waals surface area (Å²) in [6.45, 7) is 0. The van der Waals surface area contributed by atoms with Gasteiger partial charge in [0.25, 0.3) is 7.52 Å². The summed E-state index contributed by atoms with van der Waals surface area (Å²) in [5.41, 5.74) is 1.43. The van der Waals surface area contributed by atoms with Crippen molar-refractivity contribution in [2.75, 3.05) is 5.09 Å². The van der Waals surface area contributed by atoms with Crippen LogP contribution in [-0.4, -0.2) is 9.88 Å². The lowest BCUT2D eigenvalue weighted by Crippen LogP contribution is -1.99. The summed E-state index contributed by atoms with van der Waals surface area (Å²) in [5.74, 6) is 0. The second-order valence-corrected chi connectivity index (χ2v) is 5.64. The van der Waals surface area contributed by atoms with Gasteiger partial charge in [0.05, 0.1) is 6.16 Å². The van der Waals surface area contributed by atoms with Gasteiger partial charge < -0.3 is 9.98 Å². The van der Waals surface area contributed by atoms with E-state index in [1.165, 1.54) is 0 Å². The van der Waals surface area contributed by atoms with E-state index in [1.807, 2.05) is 18.2 Å². The number of pyridine rings is 1. The fourth-order valence-corrected chi connectivity index (χ4v) is 2.83. The van der Waals surface area contributed by atoms with Gasteiger partial charge in [-0.3, -0.25) is 9.55 Å². The van der Waals surface area contributed by atoms with E-state index in [4.69, 9.17) is 0 Å². The predicted octanol–water partition coefficient (Wildman–Crippen LogP) is 2.88. The van der Waals surface area contributed by atoms with Gasteiger partial charge in [0.2, 0.25) is 0 Å². The van der Waals surface area contributed by atoms with Gasteiger partial charge in [0.1, 0.15) is 0 Å². The summed E-state index contributed by atoms with van der Waals surface area (Å²) >= 11 is 0. The quantitative estimate of drug-likeness (QED) is 0.817. The molecule has 1 unspecified atom stereocenters. The molecule has 1 aromatic heterocycles. The van der Waals surface area contributed by atoms with Crippen LogP contribution in [0.15, 0.2) is 54.9 Å². The fourth-order valence-electron chi connectivity index (χ4n) is 1.49. The first kappa shape index (κ1) is 11.8. The van der Waals surface area contributed by atoms with Crippen molar-refractivity contribution < 1.29 is 9.46 Å². The van der Waals surface area contributed by atoms with Gasteiger partial charge >= 0.3 is 0 Å². The summed E-state index contributed by atoms with van der Waals surface area (Å²) in [7, 11) is -3.41. The maximum atomic E-state index is 12.0. The Morgan fingerprint density at radius 1 is 1.12 bits per heavy atom. The van der Waals surface area contributed by atoms with Crippen LogP contribution in [0.3, 0.4) is 0 Å². The van der Waals surface area contributed by atoms with E-state index in [0.29, 0.717) is 5.69 Å². The summed E-state index contributed by atoms with van der Waals surface area (Å²) in [4.78, 5) is 13.7. The average Bonchev–Trinajstić information content (AvgIpc) is 2.30. The summed E-state index contributed by atoms with van der Waals surface area (Å²) in [5, 5.41) is 2.66. The number of aromatic nitrogens is 1. The third-order valence-electron chi connectivity index (χ3n) is 2.22. The molecule has 0 aliphatic carbocycles. The van der Waals surface area contributed by atoms with Crippen molar-refractivity contribution in [3.63, 3.8) is 0 Å². The Morgan fingerprint density at radius 3 is 2.41 bits per heavy atom. The molecule has 0 spiro atoms. The maximum absolute atomic E-state index is 12.0. The van der Waals surface area contributed by atoms with Gasteiger partial charge in [-0.15, -0.1) is 0 Å². The smallest absolute Gasteiger partial charge is 0.295 e. The maximum Gasteiger partial charge on any atom is 0.295 e. The van der Waals surface area contributed by atoms with Gasteiger partial charge in [-0.25, -0.2) is 0 Å². The van der Waals surface area contributed by atoms with Crippen molar-refractivity contribution >= 4 is 13.2 Å². The molecule has 1 aromatic carbocycles. The zero-order valence-electron chi connectivity index (χ0n) is 9.15. The Balaban J connectivity index is 2.07. The van der Waals surface area contributed by atoms with Crippen LogP contribution in [0.1, 0.15) is 5.56 Å². The first-order valence-corrected chi connectivity index (χ1v) is 7.04. The number of hydrogen-bond donors (Lipinski definition) is 2. The van der Waals surface area contributed by atoms with Crippen LogP contribution < -0.4 is 5.09 Å². The highest BCUT2D eigenvalue weighted by Crippen LogP contribution is 2.44. The van der Waals surface area contributed by atoms with Gasteiger partial charge in [-0.05, 0) is 29.8 Å². The minimum Gasteiger partial charge on any atom is -0.329 e. The Bertz CT molecular complexity index is 471. The summed E-state index contributed by atoms with van der Waals surface area (Å²) < 4.78 is 12.0. The van der Waals surface area contributed by atoms with Crippen LogP contribution >= 0.6 is 7.52 Å². The zero-order chi connectivity index (χ0) is 12.1. The lowest BCUT2D eigenvalue weighted by atomic mass is 10.3. The Morgan fingerprint density at radius 2 is 1.76 bits per heavy atom. The number of nitrogens with zero attached hydrogens (tertiary/aromatic N) is 1. The number of anilines is 1. The van der Waals surface area contributed by atoms with Crippen molar-refractivity contribution in [1.29, 1.82) is 0 Å². The molecule has 0 bridgehead atoms. The van der Waals surface area contributed by atoms with Crippen LogP contribution in [0.4, 0.5) is 5.69 Å². The van der Waals surface area contributed by atoms with Crippen LogP contribution in [0.25, 0.3) is 0 Å². The van der Waals surface area contributed by atoms with E-state index in [2.05, 4.69) is 10.1 Å². The van der Waals surface area contributed by atoms with E-state index in [0.717, 1.165) is 5.56 Å². The van der Waals surface area contributed by atoms with Gasteiger partial charge in [-0.2, -0.15) is 0 Å². The molecule has 0 amide bonds. The minimum atomic E-state index is -3.41. The lowest BCUT2D eigenvalue weighted by molar-refractivity contribution is 0.483. The topological polar surface area (TPSA) is 62.2 Å². The number of rotatable bonds is 4. The summed E-state index contributed by atoms with van der Waals surface area (Å²) in [6.07, 6.45) is 3.31. The standard InChI is InChI=1S/C12H13N2O2P/c15-17(16,10-11-6-8-13-9-7-11)14-12-4-2-1-3-5-12/h1-9H,10H2,(H2,14,15,16). The molecule has 5 heteroatoms. The predicted molar refractivity (Wildman–Crippen MR) is 67.8 cm³/mol. The van der Waals surface area contributed by atoms with Crippen LogP contribution in [0.2, 0.25) is 0 Å². The largest absolute Gasteiger partial charge is 0.329 e. The molecule has 0 saturated heterocycles. The SMILES string of the molecule is O=P(O)(Cc1ccncc1)Nc1ccccc1. The van der Waals surface area contributed by atoms with Gasteiger partial charge in [-0.1, -0.05) is 18.2 Å². The minimum absolute atomic E-state index is 0.0877.